The topological polar surface area (TPSA) is 104 Å². The van der Waals surface area contributed by atoms with Gasteiger partial charge in [-0.05, 0) is 54.0 Å². The minimum absolute atomic E-state index is 0.196. The van der Waals surface area contributed by atoms with Crippen molar-refractivity contribution in [2.75, 3.05) is 0 Å². The van der Waals surface area contributed by atoms with Crippen molar-refractivity contribution in [3.63, 3.8) is 0 Å². The molecule has 0 unspecified atom stereocenters. The summed E-state index contributed by atoms with van der Waals surface area (Å²) in [6.07, 6.45) is 14.5. The summed E-state index contributed by atoms with van der Waals surface area (Å²) in [6.45, 7) is 5.16. The van der Waals surface area contributed by atoms with E-state index in [-0.39, 0.29) is 12.2 Å². The smallest absolute Gasteiger partial charge is 0.232 e. The second-order valence-electron chi connectivity index (χ2n) is 12.1. The SMILES string of the molecule is CCCn1nc(C(CC)(OC2CCCCC2)OC2CCCCC2)nc1Cc1ccc(-c2ccccc2-c2nn[nH]n2)cc1. The number of ether oxygens (including phenoxy) is 2. The zero-order valence-corrected chi connectivity index (χ0v) is 25.7. The summed E-state index contributed by atoms with van der Waals surface area (Å²) in [5.74, 6) is 1.33. The molecule has 2 aliphatic carbocycles. The van der Waals surface area contributed by atoms with Gasteiger partial charge in [-0.2, -0.15) is 10.3 Å². The van der Waals surface area contributed by atoms with Gasteiger partial charge in [-0.25, -0.2) is 9.67 Å². The Balaban J connectivity index is 1.28. The Kier molecular flexibility index (Phi) is 9.58. The maximum atomic E-state index is 6.94. The Hall–Kier alpha value is -3.43. The zero-order valence-electron chi connectivity index (χ0n) is 25.7. The molecule has 0 saturated heterocycles. The van der Waals surface area contributed by atoms with E-state index >= 15 is 0 Å². The van der Waals surface area contributed by atoms with Crippen molar-refractivity contribution in [2.45, 2.75) is 122 Å². The van der Waals surface area contributed by atoms with Crippen molar-refractivity contribution >= 4 is 0 Å². The van der Waals surface area contributed by atoms with E-state index in [4.69, 9.17) is 19.6 Å². The van der Waals surface area contributed by atoms with Gasteiger partial charge in [-0.3, -0.25) is 0 Å². The molecule has 0 atom stereocenters. The molecular formula is C34H45N7O2. The molecule has 6 rings (SSSR count). The third-order valence-electron chi connectivity index (χ3n) is 8.95. The first-order valence-electron chi connectivity index (χ1n) is 16.4. The van der Waals surface area contributed by atoms with E-state index in [1.807, 2.05) is 18.2 Å². The molecule has 2 fully saturated rings. The maximum Gasteiger partial charge on any atom is 0.232 e. The maximum absolute atomic E-state index is 6.94. The Morgan fingerprint density at radius 1 is 0.837 bits per heavy atom. The van der Waals surface area contributed by atoms with Crippen molar-refractivity contribution in [1.82, 2.24) is 35.4 Å². The van der Waals surface area contributed by atoms with Gasteiger partial charge < -0.3 is 9.47 Å². The lowest BCUT2D eigenvalue weighted by Gasteiger charge is -2.39. The van der Waals surface area contributed by atoms with Crippen molar-refractivity contribution < 1.29 is 9.47 Å². The predicted octanol–water partition coefficient (Wildman–Crippen LogP) is 7.39. The van der Waals surface area contributed by atoms with Gasteiger partial charge in [-0.15, -0.1) is 10.2 Å². The molecule has 0 aliphatic heterocycles. The molecule has 0 spiro atoms. The summed E-state index contributed by atoms with van der Waals surface area (Å²) in [6, 6.07) is 16.8. The summed E-state index contributed by atoms with van der Waals surface area (Å²) < 4.78 is 16.0. The largest absolute Gasteiger partial charge is 0.340 e. The fraction of sp³-hybridized carbons (Fsp3) is 0.559. The van der Waals surface area contributed by atoms with Crippen LogP contribution in [0.25, 0.3) is 22.5 Å². The van der Waals surface area contributed by atoms with Crippen LogP contribution in [-0.4, -0.2) is 47.6 Å². The lowest BCUT2D eigenvalue weighted by atomic mass is 9.96. The highest BCUT2D eigenvalue weighted by Gasteiger charge is 2.42. The second kappa shape index (κ2) is 13.9. The van der Waals surface area contributed by atoms with Gasteiger partial charge >= 0.3 is 0 Å². The number of tetrazole rings is 1. The molecule has 9 heteroatoms. The van der Waals surface area contributed by atoms with Gasteiger partial charge in [0.2, 0.25) is 17.4 Å². The number of aromatic amines is 1. The normalized spacial score (nSPS) is 17.0. The second-order valence-corrected chi connectivity index (χ2v) is 12.1. The van der Waals surface area contributed by atoms with Crippen LogP contribution in [-0.2, 0) is 28.2 Å². The van der Waals surface area contributed by atoms with Crippen molar-refractivity contribution in [3.05, 3.63) is 65.7 Å². The quantitative estimate of drug-likeness (QED) is 0.173. The lowest BCUT2D eigenvalue weighted by molar-refractivity contribution is -0.300. The van der Waals surface area contributed by atoms with Crippen molar-refractivity contribution in [2.24, 2.45) is 0 Å². The fourth-order valence-corrected chi connectivity index (χ4v) is 6.61. The molecule has 2 aliphatic rings. The number of hydrogen-bond donors (Lipinski definition) is 1. The molecule has 1 N–H and O–H groups in total. The van der Waals surface area contributed by atoms with E-state index < -0.39 is 5.79 Å². The third kappa shape index (κ3) is 6.88. The molecule has 0 radical (unpaired) electrons. The Bertz CT molecular complexity index is 1400. The van der Waals surface area contributed by atoms with E-state index in [0.717, 1.165) is 61.2 Å². The van der Waals surface area contributed by atoms with Gasteiger partial charge in [0.15, 0.2) is 0 Å². The van der Waals surface area contributed by atoms with Gasteiger partial charge in [0, 0.05) is 24.9 Å². The number of nitrogens with zero attached hydrogens (tertiary/aromatic N) is 6. The summed E-state index contributed by atoms with van der Waals surface area (Å²) in [4.78, 5) is 5.20. The third-order valence-corrected chi connectivity index (χ3v) is 8.95. The highest BCUT2D eigenvalue weighted by atomic mass is 16.7. The van der Waals surface area contributed by atoms with Crippen molar-refractivity contribution in [1.29, 1.82) is 0 Å². The van der Waals surface area contributed by atoms with Gasteiger partial charge in [-0.1, -0.05) is 101 Å². The molecule has 228 valence electrons. The van der Waals surface area contributed by atoms with Crippen LogP contribution < -0.4 is 0 Å². The summed E-state index contributed by atoms with van der Waals surface area (Å²) in [5.41, 5.74) is 4.30. The Morgan fingerprint density at radius 3 is 2.07 bits per heavy atom. The van der Waals surface area contributed by atoms with Crippen LogP contribution >= 0.6 is 0 Å². The molecule has 2 aromatic carbocycles. The monoisotopic (exact) mass is 583 g/mol. The molecular weight excluding hydrogens is 538 g/mol. The molecule has 0 amide bonds. The number of hydrogen-bond acceptors (Lipinski definition) is 7. The number of aromatic nitrogens is 7. The number of aryl methyl sites for hydroxylation is 1. The number of H-pyrrole nitrogens is 1. The molecule has 9 nitrogen and oxygen atoms in total. The Morgan fingerprint density at radius 2 is 1.49 bits per heavy atom. The van der Waals surface area contributed by atoms with Gasteiger partial charge in [0.1, 0.15) is 5.82 Å². The molecule has 43 heavy (non-hydrogen) atoms. The number of benzene rings is 2. The van der Waals surface area contributed by atoms with E-state index in [2.05, 4.69) is 69.5 Å². The summed E-state index contributed by atoms with van der Waals surface area (Å²) >= 11 is 0. The van der Waals surface area contributed by atoms with E-state index in [0.29, 0.717) is 24.5 Å². The fourth-order valence-electron chi connectivity index (χ4n) is 6.61. The summed E-state index contributed by atoms with van der Waals surface area (Å²) in [7, 11) is 0. The molecule has 2 saturated carbocycles. The average Bonchev–Trinajstić information content (AvgIpc) is 3.74. The minimum atomic E-state index is -0.902. The first-order chi connectivity index (χ1) is 21.2. The summed E-state index contributed by atoms with van der Waals surface area (Å²) in [5, 5.41) is 19.8. The van der Waals surface area contributed by atoms with Crippen LogP contribution in [0.15, 0.2) is 48.5 Å². The Labute approximate surface area is 254 Å². The van der Waals surface area contributed by atoms with Crippen LogP contribution in [0.1, 0.15) is 108 Å². The molecule has 0 bridgehead atoms. The lowest BCUT2D eigenvalue weighted by Crippen LogP contribution is -2.42. The van der Waals surface area contributed by atoms with Crippen LogP contribution in [0.5, 0.6) is 0 Å². The van der Waals surface area contributed by atoms with Crippen LogP contribution in [0, 0.1) is 0 Å². The highest BCUT2D eigenvalue weighted by molar-refractivity contribution is 5.80. The van der Waals surface area contributed by atoms with Crippen LogP contribution in [0.3, 0.4) is 0 Å². The predicted molar refractivity (Wildman–Crippen MR) is 166 cm³/mol. The van der Waals surface area contributed by atoms with E-state index in [1.165, 1.54) is 44.1 Å². The number of nitrogens with one attached hydrogen (secondary N) is 1. The highest BCUT2D eigenvalue weighted by Crippen LogP contribution is 2.38. The van der Waals surface area contributed by atoms with Crippen molar-refractivity contribution in [3.8, 4) is 22.5 Å². The minimum Gasteiger partial charge on any atom is -0.340 e. The average molecular weight is 584 g/mol. The van der Waals surface area contributed by atoms with Gasteiger partial charge in [0.05, 0.1) is 12.2 Å². The van der Waals surface area contributed by atoms with Gasteiger partial charge in [0.25, 0.3) is 0 Å². The van der Waals surface area contributed by atoms with E-state index in [9.17, 15) is 0 Å². The first kappa shape index (κ1) is 29.6. The zero-order chi connectivity index (χ0) is 29.5. The molecule has 2 heterocycles. The molecule has 2 aromatic heterocycles. The van der Waals surface area contributed by atoms with E-state index in [1.54, 1.807) is 0 Å². The standard InChI is InChI=1S/C34H45N7O2/c1-3-23-41-31(24-25-19-21-26(22-20-25)29-17-11-12-18-30(29)32-36-39-40-37-32)35-33(38-41)34(4-2,42-27-13-7-5-8-14-27)43-28-15-9-6-10-16-28/h11-12,17-22,27-28H,3-10,13-16,23-24H2,1-2H3,(H,36,37,39,40). The first-order valence-corrected chi connectivity index (χ1v) is 16.4. The number of rotatable bonds is 12. The molecule has 4 aromatic rings. The van der Waals surface area contributed by atoms with Crippen LogP contribution in [0.4, 0.5) is 0 Å². The van der Waals surface area contributed by atoms with Crippen LogP contribution in [0.2, 0.25) is 0 Å².